The van der Waals surface area contributed by atoms with Crippen LogP contribution in [0.1, 0.15) is 29.7 Å². The fourth-order valence-corrected chi connectivity index (χ4v) is 2.51. The minimum Gasteiger partial charge on any atom is -0.493 e. The van der Waals surface area contributed by atoms with Gasteiger partial charge in [-0.2, -0.15) is 0 Å². The summed E-state index contributed by atoms with van der Waals surface area (Å²) < 4.78 is 5.54. The normalized spacial score (nSPS) is 14.0. The van der Waals surface area contributed by atoms with Crippen LogP contribution in [0.25, 0.3) is 0 Å². The predicted octanol–water partition coefficient (Wildman–Crippen LogP) is 3.78. The lowest BCUT2D eigenvalue weighted by molar-refractivity contribution is 0.357. The highest BCUT2D eigenvalue weighted by Crippen LogP contribution is 2.29. The van der Waals surface area contributed by atoms with Crippen molar-refractivity contribution in [3.63, 3.8) is 0 Å². The summed E-state index contributed by atoms with van der Waals surface area (Å²) in [4.78, 5) is 0. The molecular formula is C18H17NO. The second-order valence-electron chi connectivity index (χ2n) is 5.06. The van der Waals surface area contributed by atoms with E-state index < -0.39 is 0 Å². The SMILES string of the molecule is C#Cc1cccc(NC(C)c2ccc3c(c2)CCO3)c1. The standard InChI is InChI=1S/C18H17NO/c1-3-14-5-4-6-17(11-14)19-13(2)15-7-8-18-16(12-15)9-10-20-18/h1,4-8,11-13,19H,9-10H2,2H3. The molecule has 1 heterocycles. The number of nitrogens with one attached hydrogen (secondary N) is 1. The smallest absolute Gasteiger partial charge is 0.122 e. The third kappa shape index (κ3) is 2.48. The third-order valence-corrected chi connectivity index (χ3v) is 3.63. The number of benzene rings is 2. The van der Waals surface area contributed by atoms with Crippen molar-refractivity contribution in [2.75, 3.05) is 11.9 Å². The molecule has 0 saturated heterocycles. The van der Waals surface area contributed by atoms with Gasteiger partial charge in [-0.1, -0.05) is 18.1 Å². The maximum atomic E-state index is 5.54. The summed E-state index contributed by atoms with van der Waals surface area (Å²) in [6, 6.07) is 14.6. The van der Waals surface area contributed by atoms with Crippen LogP contribution in [0.4, 0.5) is 5.69 Å². The Labute approximate surface area is 119 Å². The van der Waals surface area contributed by atoms with Crippen LogP contribution in [-0.4, -0.2) is 6.61 Å². The summed E-state index contributed by atoms with van der Waals surface area (Å²) in [5.74, 6) is 3.68. The van der Waals surface area contributed by atoms with Crippen LogP contribution in [0, 0.1) is 12.3 Å². The van der Waals surface area contributed by atoms with Gasteiger partial charge in [0.15, 0.2) is 0 Å². The van der Waals surface area contributed by atoms with Gasteiger partial charge in [-0.25, -0.2) is 0 Å². The molecule has 0 spiro atoms. The van der Waals surface area contributed by atoms with E-state index in [1.54, 1.807) is 0 Å². The fraction of sp³-hybridized carbons (Fsp3) is 0.222. The van der Waals surface area contributed by atoms with Crippen molar-refractivity contribution in [1.82, 2.24) is 0 Å². The van der Waals surface area contributed by atoms with Gasteiger partial charge in [0.25, 0.3) is 0 Å². The van der Waals surface area contributed by atoms with Crippen molar-refractivity contribution < 1.29 is 4.74 Å². The van der Waals surface area contributed by atoms with Gasteiger partial charge in [-0.05, 0) is 48.4 Å². The lowest BCUT2D eigenvalue weighted by Crippen LogP contribution is -2.06. The summed E-state index contributed by atoms with van der Waals surface area (Å²) in [6.07, 6.45) is 6.43. The Morgan fingerprint density at radius 2 is 2.15 bits per heavy atom. The van der Waals surface area contributed by atoms with Crippen molar-refractivity contribution in [2.45, 2.75) is 19.4 Å². The van der Waals surface area contributed by atoms with E-state index in [-0.39, 0.29) is 6.04 Å². The molecule has 2 nitrogen and oxygen atoms in total. The molecule has 0 aromatic heterocycles. The maximum absolute atomic E-state index is 5.54. The Morgan fingerprint density at radius 3 is 3.00 bits per heavy atom. The van der Waals surface area contributed by atoms with Crippen LogP contribution >= 0.6 is 0 Å². The fourth-order valence-electron chi connectivity index (χ4n) is 2.51. The summed E-state index contributed by atoms with van der Waals surface area (Å²) in [5.41, 5.74) is 4.50. The first-order chi connectivity index (χ1) is 9.76. The zero-order chi connectivity index (χ0) is 13.9. The highest BCUT2D eigenvalue weighted by molar-refractivity contribution is 5.52. The summed E-state index contributed by atoms with van der Waals surface area (Å²) in [5, 5.41) is 3.49. The Bertz CT molecular complexity index is 669. The Kier molecular flexibility index (Phi) is 3.35. The number of fused-ring (bicyclic) bond motifs is 1. The van der Waals surface area contributed by atoms with Crippen molar-refractivity contribution in [1.29, 1.82) is 0 Å². The molecule has 1 atom stereocenters. The number of ether oxygens (including phenoxy) is 1. The van der Waals surface area contributed by atoms with Gasteiger partial charge < -0.3 is 10.1 Å². The highest BCUT2D eigenvalue weighted by atomic mass is 16.5. The molecule has 1 aliphatic heterocycles. The topological polar surface area (TPSA) is 21.3 Å². The molecule has 0 bridgehead atoms. The molecule has 0 aliphatic carbocycles. The molecule has 2 aromatic rings. The molecule has 100 valence electrons. The quantitative estimate of drug-likeness (QED) is 0.851. The molecule has 20 heavy (non-hydrogen) atoms. The predicted molar refractivity (Wildman–Crippen MR) is 82.1 cm³/mol. The average molecular weight is 263 g/mol. The van der Waals surface area contributed by atoms with Gasteiger partial charge in [0.1, 0.15) is 5.75 Å². The number of hydrogen-bond donors (Lipinski definition) is 1. The maximum Gasteiger partial charge on any atom is 0.122 e. The minimum atomic E-state index is 0.230. The van der Waals surface area contributed by atoms with Gasteiger partial charge in [0, 0.05) is 23.7 Å². The summed E-state index contributed by atoms with van der Waals surface area (Å²) in [6.45, 7) is 2.95. The second kappa shape index (κ2) is 5.30. The first kappa shape index (κ1) is 12.6. The average Bonchev–Trinajstić information content (AvgIpc) is 2.94. The van der Waals surface area contributed by atoms with Crippen molar-refractivity contribution in [3.8, 4) is 18.1 Å². The van der Waals surface area contributed by atoms with E-state index in [2.05, 4.69) is 36.4 Å². The van der Waals surface area contributed by atoms with Gasteiger partial charge >= 0.3 is 0 Å². The molecule has 2 heteroatoms. The largest absolute Gasteiger partial charge is 0.493 e. The number of rotatable bonds is 3. The van der Waals surface area contributed by atoms with Crippen molar-refractivity contribution in [2.24, 2.45) is 0 Å². The van der Waals surface area contributed by atoms with Gasteiger partial charge in [-0.15, -0.1) is 6.42 Å². The van der Waals surface area contributed by atoms with E-state index in [4.69, 9.17) is 11.2 Å². The second-order valence-corrected chi connectivity index (χ2v) is 5.06. The molecule has 0 fully saturated rings. The van der Waals surface area contributed by atoms with Gasteiger partial charge in [0.05, 0.1) is 6.61 Å². The molecule has 1 N–H and O–H groups in total. The zero-order valence-electron chi connectivity index (χ0n) is 11.5. The molecule has 0 amide bonds. The lowest BCUT2D eigenvalue weighted by atomic mass is 10.0. The monoisotopic (exact) mass is 263 g/mol. The molecule has 3 rings (SSSR count). The molecule has 1 unspecified atom stereocenters. The summed E-state index contributed by atoms with van der Waals surface area (Å²) >= 11 is 0. The minimum absolute atomic E-state index is 0.230. The van der Waals surface area contributed by atoms with E-state index >= 15 is 0 Å². The molecule has 0 radical (unpaired) electrons. The highest BCUT2D eigenvalue weighted by Gasteiger charge is 2.14. The van der Waals surface area contributed by atoms with E-state index in [0.717, 1.165) is 30.0 Å². The summed E-state index contributed by atoms with van der Waals surface area (Å²) in [7, 11) is 0. The van der Waals surface area contributed by atoms with Gasteiger partial charge in [-0.3, -0.25) is 0 Å². The molecule has 0 saturated carbocycles. The number of hydrogen-bond acceptors (Lipinski definition) is 2. The van der Waals surface area contributed by atoms with E-state index in [0.29, 0.717) is 0 Å². The first-order valence-corrected chi connectivity index (χ1v) is 6.85. The number of terminal acetylenes is 1. The van der Waals surface area contributed by atoms with Crippen LogP contribution in [-0.2, 0) is 6.42 Å². The van der Waals surface area contributed by atoms with E-state index in [1.807, 2.05) is 24.3 Å². The van der Waals surface area contributed by atoms with Crippen LogP contribution in [0.15, 0.2) is 42.5 Å². The Balaban J connectivity index is 1.79. The zero-order valence-corrected chi connectivity index (χ0v) is 11.5. The van der Waals surface area contributed by atoms with Crippen molar-refractivity contribution in [3.05, 3.63) is 59.2 Å². The van der Waals surface area contributed by atoms with E-state index in [9.17, 15) is 0 Å². The van der Waals surface area contributed by atoms with Crippen LogP contribution < -0.4 is 10.1 Å². The van der Waals surface area contributed by atoms with Gasteiger partial charge in [0.2, 0.25) is 0 Å². The molecule has 2 aromatic carbocycles. The van der Waals surface area contributed by atoms with Crippen LogP contribution in [0.2, 0.25) is 0 Å². The van der Waals surface area contributed by atoms with Crippen LogP contribution in [0.3, 0.4) is 0 Å². The Morgan fingerprint density at radius 1 is 1.25 bits per heavy atom. The van der Waals surface area contributed by atoms with Crippen molar-refractivity contribution >= 4 is 5.69 Å². The molecule has 1 aliphatic rings. The van der Waals surface area contributed by atoms with Crippen LogP contribution in [0.5, 0.6) is 5.75 Å². The number of anilines is 1. The third-order valence-electron chi connectivity index (χ3n) is 3.63. The molecular weight excluding hydrogens is 246 g/mol. The lowest BCUT2D eigenvalue weighted by Gasteiger charge is -2.16. The van der Waals surface area contributed by atoms with E-state index in [1.165, 1.54) is 11.1 Å². The first-order valence-electron chi connectivity index (χ1n) is 6.85. The Hall–Kier alpha value is -2.40.